The molecule has 2 aromatic carbocycles. The summed E-state index contributed by atoms with van der Waals surface area (Å²) in [5.74, 6) is 0.179. The van der Waals surface area contributed by atoms with E-state index in [4.69, 9.17) is 9.47 Å². The number of hydrogen-bond acceptors (Lipinski definition) is 6. The lowest BCUT2D eigenvalue weighted by Crippen LogP contribution is -2.32. The minimum atomic E-state index is -0.589. The van der Waals surface area contributed by atoms with Gasteiger partial charge < -0.3 is 14.8 Å². The molecule has 31 heavy (non-hydrogen) atoms. The summed E-state index contributed by atoms with van der Waals surface area (Å²) in [6.45, 7) is 0.142. The second kappa shape index (κ2) is 9.36. The molecule has 1 aliphatic heterocycles. The zero-order valence-electron chi connectivity index (χ0n) is 16.3. The summed E-state index contributed by atoms with van der Waals surface area (Å²) in [6.07, 6.45) is 4.57. The lowest BCUT2D eigenvalue weighted by atomic mass is 10.1. The van der Waals surface area contributed by atoms with Gasteiger partial charge in [-0.1, -0.05) is 30.3 Å². The monoisotopic (exact) mass is 414 g/mol. The van der Waals surface area contributed by atoms with Gasteiger partial charge in [0.05, 0.1) is 11.9 Å². The molecule has 0 unspecified atom stereocenters. The fourth-order valence-electron chi connectivity index (χ4n) is 2.78. The Morgan fingerprint density at radius 1 is 0.968 bits per heavy atom. The molecule has 0 spiro atoms. The van der Waals surface area contributed by atoms with Crippen molar-refractivity contribution in [3.8, 4) is 11.5 Å². The number of hydrogen-bond donors (Lipinski definition) is 2. The van der Waals surface area contributed by atoms with Gasteiger partial charge in [0.15, 0.2) is 11.5 Å². The molecule has 0 aliphatic carbocycles. The van der Waals surface area contributed by atoms with Crippen LogP contribution < -0.4 is 20.2 Å². The molecule has 0 bridgehead atoms. The van der Waals surface area contributed by atoms with Crippen molar-refractivity contribution in [2.75, 3.05) is 6.79 Å². The molecule has 154 valence electrons. The molecule has 0 atom stereocenters. The van der Waals surface area contributed by atoms with Crippen LogP contribution >= 0.6 is 0 Å². The molecule has 4 rings (SSSR count). The number of amides is 2. The molecule has 1 aliphatic rings. The van der Waals surface area contributed by atoms with E-state index in [-0.39, 0.29) is 12.5 Å². The summed E-state index contributed by atoms with van der Waals surface area (Å²) in [4.78, 5) is 29.5. The average molecular weight is 414 g/mol. The average Bonchev–Trinajstić information content (AvgIpc) is 3.28. The smallest absolute Gasteiger partial charge is 0.287 e. The molecule has 8 heteroatoms. The molecule has 3 aromatic rings. The van der Waals surface area contributed by atoms with E-state index in [1.54, 1.807) is 72.9 Å². The highest BCUT2D eigenvalue weighted by atomic mass is 16.7. The lowest BCUT2D eigenvalue weighted by Gasteiger charge is -2.09. The van der Waals surface area contributed by atoms with E-state index in [0.29, 0.717) is 28.3 Å². The van der Waals surface area contributed by atoms with Crippen molar-refractivity contribution in [1.29, 1.82) is 0 Å². The molecule has 1 aromatic heterocycles. The van der Waals surface area contributed by atoms with E-state index >= 15 is 0 Å². The quantitative estimate of drug-likeness (QED) is 0.367. The second-order valence-electron chi connectivity index (χ2n) is 6.44. The highest BCUT2D eigenvalue weighted by Crippen LogP contribution is 2.33. The Balaban J connectivity index is 1.56. The minimum absolute atomic E-state index is 0.0193. The normalized spacial score (nSPS) is 12.6. The van der Waals surface area contributed by atoms with Crippen molar-refractivity contribution in [3.05, 3.63) is 95.4 Å². The van der Waals surface area contributed by atoms with Crippen LogP contribution in [-0.4, -0.2) is 29.8 Å². The van der Waals surface area contributed by atoms with Crippen LogP contribution in [0.3, 0.4) is 0 Å². The number of aromatic nitrogens is 1. The van der Waals surface area contributed by atoms with Crippen molar-refractivity contribution in [2.45, 2.75) is 0 Å². The summed E-state index contributed by atoms with van der Waals surface area (Å²) in [5, 5.41) is 6.56. The van der Waals surface area contributed by atoms with Gasteiger partial charge in [-0.3, -0.25) is 14.6 Å². The predicted octanol–water partition coefficient (Wildman–Crippen LogP) is 2.73. The van der Waals surface area contributed by atoms with Crippen LogP contribution in [0.4, 0.5) is 0 Å². The van der Waals surface area contributed by atoms with Gasteiger partial charge in [0.2, 0.25) is 6.79 Å². The summed E-state index contributed by atoms with van der Waals surface area (Å²) in [7, 11) is 0. The number of pyridine rings is 1. The van der Waals surface area contributed by atoms with Crippen molar-refractivity contribution in [1.82, 2.24) is 15.7 Å². The standard InChI is InChI=1S/C23H18N4O4/c28-22(17-6-2-1-3-7-17)26-19(12-16-9-10-20-21(13-16)31-15-30-20)23(29)27-25-14-18-8-4-5-11-24-18/h1-14H,15H2,(H,26,28)(H,27,29)/b19-12+,25-14-. The lowest BCUT2D eigenvalue weighted by molar-refractivity contribution is -0.117. The number of carbonyl (C=O) groups excluding carboxylic acids is 2. The molecule has 0 saturated carbocycles. The number of hydrazone groups is 1. The molecule has 2 N–H and O–H groups in total. The van der Waals surface area contributed by atoms with Gasteiger partial charge in [0, 0.05) is 11.8 Å². The van der Waals surface area contributed by atoms with Gasteiger partial charge in [0.1, 0.15) is 5.70 Å². The third kappa shape index (κ3) is 5.13. The Bertz CT molecular complexity index is 1140. The Labute approximate surface area is 178 Å². The van der Waals surface area contributed by atoms with E-state index < -0.39 is 11.8 Å². The predicted molar refractivity (Wildman–Crippen MR) is 114 cm³/mol. The molecule has 0 saturated heterocycles. The van der Waals surface area contributed by atoms with Crippen LogP contribution in [-0.2, 0) is 4.79 Å². The summed E-state index contributed by atoms with van der Waals surface area (Å²) in [5.41, 5.74) is 4.08. The minimum Gasteiger partial charge on any atom is -0.454 e. The molecule has 8 nitrogen and oxygen atoms in total. The highest BCUT2D eigenvalue weighted by molar-refractivity contribution is 6.05. The molecule has 2 heterocycles. The van der Waals surface area contributed by atoms with Crippen LogP contribution in [0, 0.1) is 0 Å². The maximum absolute atomic E-state index is 12.8. The topological polar surface area (TPSA) is 102 Å². The summed E-state index contributed by atoms with van der Waals surface area (Å²) in [6, 6.07) is 19.2. The Hall–Kier alpha value is -4.46. The Morgan fingerprint density at radius 2 is 1.77 bits per heavy atom. The number of benzene rings is 2. The van der Waals surface area contributed by atoms with Crippen LogP contribution in [0.1, 0.15) is 21.6 Å². The number of fused-ring (bicyclic) bond motifs is 1. The molecular weight excluding hydrogens is 396 g/mol. The number of ether oxygens (including phenoxy) is 2. The molecule has 2 amide bonds. The first kappa shape index (κ1) is 19.8. The SMILES string of the molecule is O=C(N/N=C\c1ccccn1)/C(=C\c1ccc2c(c1)OCO2)NC(=O)c1ccccc1. The largest absolute Gasteiger partial charge is 0.454 e. The van der Waals surface area contributed by atoms with Crippen molar-refractivity contribution < 1.29 is 19.1 Å². The first-order chi connectivity index (χ1) is 15.2. The fraction of sp³-hybridized carbons (Fsp3) is 0.0435. The summed E-state index contributed by atoms with van der Waals surface area (Å²) < 4.78 is 10.7. The third-order valence-electron chi connectivity index (χ3n) is 4.29. The number of rotatable bonds is 6. The number of carbonyl (C=O) groups is 2. The van der Waals surface area contributed by atoms with Crippen LogP contribution in [0.5, 0.6) is 11.5 Å². The van der Waals surface area contributed by atoms with E-state index in [0.717, 1.165) is 0 Å². The summed E-state index contributed by atoms with van der Waals surface area (Å²) >= 11 is 0. The van der Waals surface area contributed by atoms with E-state index in [1.807, 2.05) is 0 Å². The van der Waals surface area contributed by atoms with E-state index in [9.17, 15) is 9.59 Å². The van der Waals surface area contributed by atoms with Gasteiger partial charge in [0.25, 0.3) is 11.8 Å². The van der Waals surface area contributed by atoms with Gasteiger partial charge in [-0.2, -0.15) is 5.10 Å². The zero-order chi connectivity index (χ0) is 21.5. The van der Waals surface area contributed by atoms with E-state index in [1.165, 1.54) is 12.3 Å². The molecule has 0 fully saturated rings. The van der Waals surface area contributed by atoms with Gasteiger partial charge in [-0.15, -0.1) is 0 Å². The van der Waals surface area contributed by atoms with Gasteiger partial charge >= 0.3 is 0 Å². The molecular formula is C23H18N4O4. The maximum atomic E-state index is 12.8. The fourth-order valence-corrected chi connectivity index (χ4v) is 2.78. The van der Waals surface area contributed by atoms with Crippen LogP contribution in [0.2, 0.25) is 0 Å². The first-order valence-electron chi connectivity index (χ1n) is 9.41. The Morgan fingerprint density at radius 3 is 2.58 bits per heavy atom. The molecule has 0 radical (unpaired) electrons. The number of nitrogens with zero attached hydrogens (tertiary/aromatic N) is 2. The van der Waals surface area contributed by atoms with E-state index in [2.05, 4.69) is 20.8 Å². The van der Waals surface area contributed by atoms with Crippen molar-refractivity contribution in [2.24, 2.45) is 5.10 Å². The van der Waals surface area contributed by atoms with Gasteiger partial charge in [-0.05, 0) is 48.0 Å². The third-order valence-corrected chi connectivity index (χ3v) is 4.29. The van der Waals surface area contributed by atoms with Gasteiger partial charge in [-0.25, -0.2) is 5.43 Å². The van der Waals surface area contributed by atoms with Crippen molar-refractivity contribution >= 4 is 24.1 Å². The zero-order valence-corrected chi connectivity index (χ0v) is 16.3. The highest BCUT2D eigenvalue weighted by Gasteiger charge is 2.16. The maximum Gasteiger partial charge on any atom is 0.287 e. The number of nitrogens with one attached hydrogen (secondary N) is 2. The van der Waals surface area contributed by atoms with Crippen LogP contribution in [0.15, 0.2) is 83.7 Å². The first-order valence-corrected chi connectivity index (χ1v) is 9.41. The second-order valence-corrected chi connectivity index (χ2v) is 6.44. The van der Waals surface area contributed by atoms with Crippen molar-refractivity contribution in [3.63, 3.8) is 0 Å². The van der Waals surface area contributed by atoms with Crippen LogP contribution in [0.25, 0.3) is 6.08 Å². The Kier molecular flexibility index (Phi) is 5.99.